The van der Waals surface area contributed by atoms with Crippen molar-refractivity contribution < 1.29 is 32.2 Å². The van der Waals surface area contributed by atoms with E-state index in [1.54, 1.807) is 29.3 Å². The molecule has 3 aromatic rings. The number of carbonyl (C=O) groups is 2. The number of hydrogen-bond acceptors (Lipinski definition) is 6. The minimum Gasteiger partial charge on any atom is -0.445 e. The van der Waals surface area contributed by atoms with Crippen molar-refractivity contribution in [2.45, 2.75) is 13.2 Å². The van der Waals surface area contributed by atoms with E-state index in [2.05, 4.69) is 20.1 Å². The van der Waals surface area contributed by atoms with E-state index in [4.69, 9.17) is 4.74 Å². The van der Waals surface area contributed by atoms with Gasteiger partial charge in [0.15, 0.2) is 11.6 Å². The molecule has 3 heterocycles. The molecule has 2 aromatic carbocycles. The molecule has 1 atom stereocenters. The van der Waals surface area contributed by atoms with Gasteiger partial charge in [0.2, 0.25) is 0 Å². The highest BCUT2D eigenvalue weighted by molar-refractivity contribution is 5.98. The summed E-state index contributed by atoms with van der Waals surface area (Å²) >= 11 is 0. The predicted molar refractivity (Wildman–Crippen MR) is 111 cm³/mol. The number of alkyl halides is 2. The molecule has 2 aliphatic heterocycles. The summed E-state index contributed by atoms with van der Waals surface area (Å²) in [5.74, 6) is -1.72. The molecular weight excluding hydrogens is 455 g/mol. The molecule has 0 saturated carbocycles. The molecule has 2 amide bonds. The van der Waals surface area contributed by atoms with Crippen LogP contribution >= 0.6 is 0 Å². The molecule has 176 valence electrons. The number of likely N-dealkylation sites (tertiary alicyclic amines) is 1. The molecule has 0 bridgehead atoms. The Morgan fingerprint density at radius 2 is 1.94 bits per heavy atom. The normalized spacial score (nSPS) is 17.3. The number of aromatic nitrogens is 3. The largest absolute Gasteiger partial charge is 0.445 e. The number of nitrogens with one attached hydrogen (secondary N) is 1. The molecular formula is C22H18F3N5O4. The van der Waals surface area contributed by atoms with Crippen LogP contribution in [0, 0.1) is 11.7 Å². The maximum absolute atomic E-state index is 13.8. The van der Waals surface area contributed by atoms with Crippen LogP contribution in [-0.4, -0.2) is 63.5 Å². The maximum Gasteiger partial charge on any atom is 0.410 e. The monoisotopic (exact) mass is 473 g/mol. The number of rotatable bonds is 5. The summed E-state index contributed by atoms with van der Waals surface area (Å²) in [7, 11) is 0. The highest BCUT2D eigenvalue weighted by Gasteiger charge is 2.38. The van der Waals surface area contributed by atoms with Crippen LogP contribution in [0.1, 0.15) is 15.9 Å². The van der Waals surface area contributed by atoms with Crippen LogP contribution in [-0.2, 0) is 11.3 Å². The van der Waals surface area contributed by atoms with E-state index in [9.17, 15) is 22.8 Å². The number of ether oxygens (including phenoxy) is 2. The standard InChI is InChI=1S/C22H18F3N5O4/c23-16-5-12(1-4-19(16)34-21(24)25)11-33-22(32)30-9-14-7-29(8-15(14)10-30)20(31)13-2-3-17-18(6-13)27-28-26-17/h1-7,15,21H,8-11H2,(H,26,27,28)/t15-/m0/s1. The first-order valence-electron chi connectivity index (χ1n) is 10.3. The molecule has 1 aromatic heterocycles. The Hall–Kier alpha value is -4.09. The third-order valence-corrected chi connectivity index (χ3v) is 5.73. The predicted octanol–water partition coefficient (Wildman–Crippen LogP) is 3.31. The average Bonchev–Trinajstić information content (AvgIpc) is 3.52. The van der Waals surface area contributed by atoms with Gasteiger partial charge in [-0.05, 0) is 41.5 Å². The van der Waals surface area contributed by atoms with Gasteiger partial charge in [-0.2, -0.15) is 24.2 Å². The molecule has 0 radical (unpaired) electrons. The number of H-pyrrole nitrogens is 1. The number of aromatic amines is 1. The lowest BCUT2D eigenvalue weighted by Crippen LogP contribution is -2.33. The number of halogens is 3. The summed E-state index contributed by atoms with van der Waals surface area (Å²) in [6.07, 6.45) is 1.17. The molecule has 1 N–H and O–H groups in total. The van der Waals surface area contributed by atoms with Crippen molar-refractivity contribution in [3.63, 3.8) is 0 Å². The van der Waals surface area contributed by atoms with Crippen molar-refractivity contribution in [3.8, 4) is 5.75 Å². The van der Waals surface area contributed by atoms with Crippen LogP contribution in [0.15, 0.2) is 48.2 Å². The van der Waals surface area contributed by atoms with Gasteiger partial charge in [-0.15, -0.1) is 0 Å². The second-order valence-electron chi connectivity index (χ2n) is 7.96. The van der Waals surface area contributed by atoms with Gasteiger partial charge in [-0.25, -0.2) is 9.18 Å². The van der Waals surface area contributed by atoms with Gasteiger partial charge in [-0.3, -0.25) is 4.79 Å². The number of amides is 2. The average molecular weight is 473 g/mol. The SMILES string of the molecule is O=C(c1ccc2n[nH]nc2c1)N1C=C2CN(C(=O)OCc3ccc(OC(F)F)c(F)c3)C[C@@H]2C1. The smallest absolute Gasteiger partial charge is 0.410 e. The number of hydrogen-bond donors (Lipinski definition) is 1. The highest BCUT2D eigenvalue weighted by atomic mass is 19.3. The molecule has 5 rings (SSSR count). The van der Waals surface area contributed by atoms with Crippen molar-refractivity contribution >= 4 is 23.0 Å². The molecule has 1 saturated heterocycles. The third kappa shape index (κ3) is 4.26. The topological polar surface area (TPSA) is 101 Å². The van der Waals surface area contributed by atoms with Gasteiger partial charge in [0.05, 0.1) is 0 Å². The lowest BCUT2D eigenvalue weighted by Gasteiger charge is -2.19. The summed E-state index contributed by atoms with van der Waals surface area (Å²) in [5, 5.41) is 10.5. The van der Waals surface area contributed by atoms with E-state index in [0.717, 1.165) is 17.7 Å². The van der Waals surface area contributed by atoms with Gasteiger partial charge >= 0.3 is 12.7 Å². The lowest BCUT2D eigenvalue weighted by atomic mass is 10.1. The first-order valence-corrected chi connectivity index (χ1v) is 10.3. The van der Waals surface area contributed by atoms with Crippen molar-refractivity contribution in [1.29, 1.82) is 0 Å². The lowest BCUT2D eigenvalue weighted by molar-refractivity contribution is -0.0522. The first kappa shape index (κ1) is 21.7. The second-order valence-corrected chi connectivity index (χ2v) is 7.96. The van der Waals surface area contributed by atoms with Crippen LogP contribution < -0.4 is 4.74 Å². The Labute approximate surface area is 190 Å². The summed E-state index contributed by atoms with van der Waals surface area (Å²) in [4.78, 5) is 28.4. The van der Waals surface area contributed by atoms with Crippen molar-refractivity contribution in [2.75, 3.05) is 19.6 Å². The highest BCUT2D eigenvalue weighted by Crippen LogP contribution is 2.31. The van der Waals surface area contributed by atoms with E-state index < -0.39 is 24.3 Å². The zero-order valence-corrected chi connectivity index (χ0v) is 17.6. The number of fused-ring (bicyclic) bond motifs is 2. The number of benzene rings is 2. The van der Waals surface area contributed by atoms with Crippen molar-refractivity contribution in [1.82, 2.24) is 25.2 Å². The van der Waals surface area contributed by atoms with Crippen LogP contribution in [0.4, 0.5) is 18.0 Å². The van der Waals surface area contributed by atoms with Crippen LogP contribution in [0.3, 0.4) is 0 Å². The molecule has 0 spiro atoms. The van der Waals surface area contributed by atoms with Gasteiger partial charge in [0, 0.05) is 37.3 Å². The Balaban J connectivity index is 1.17. The molecule has 9 nitrogen and oxygen atoms in total. The van der Waals surface area contributed by atoms with Gasteiger partial charge in [0.25, 0.3) is 5.91 Å². The third-order valence-electron chi connectivity index (χ3n) is 5.73. The second kappa shape index (κ2) is 8.69. The van der Waals surface area contributed by atoms with Gasteiger partial charge in [0.1, 0.15) is 17.6 Å². The van der Waals surface area contributed by atoms with E-state index in [1.165, 1.54) is 11.0 Å². The fraction of sp³-hybridized carbons (Fsp3) is 0.273. The van der Waals surface area contributed by atoms with Crippen LogP contribution in [0.25, 0.3) is 11.0 Å². The fourth-order valence-corrected chi connectivity index (χ4v) is 4.09. The summed E-state index contributed by atoms with van der Waals surface area (Å²) < 4.78 is 47.6. The molecule has 2 aliphatic rings. The Kier molecular flexibility index (Phi) is 5.56. The van der Waals surface area contributed by atoms with E-state index in [-0.39, 0.29) is 18.4 Å². The van der Waals surface area contributed by atoms with E-state index >= 15 is 0 Å². The first-order chi connectivity index (χ1) is 16.4. The van der Waals surface area contributed by atoms with Gasteiger partial charge in [-0.1, -0.05) is 6.07 Å². The molecule has 0 unspecified atom stereocenters. The Bertz CT molecular complexity index is 1290. The quantitative estimate of drug-likeness (QED) is 0.610. The van der Waals surface area contributed by atoms with Gasteiger partial charge < -0.3 is 19.3 Å². The van der Waals surface area contributed by atoms with E-state index in [0.29, 0.717) is 41.8 Å². The van der Waals surface area contributed by atoms with Crippen molar-refractivity contribution in [2.24, 2.45) is 5.92 Å². The Morgan fingerprint density at radius 3 is 2.71 bits per heavy atom. The van der Waals surface area contributed by atoms with Crippen LogP contribution in [0.5, 0.6) is 5.75 Å². The minimum absolute atomic E-state index is 0.00416. The zero-order chi connectivity index (χ0) is 23.8. The van der Waals surface area contributed by atoms with Crippen LogP contribution in [0.2, 0.25) is 0 Å². The van der Waals surface area contributed by atoms with E-state index in [1.807, 2.05) is 0 Å². The Morgan fingerprint density at radius 1 is 1.12 bits per heavy atom. The maximum atomic E-state index is 13.8. The molecule has 34 heavy (non-hydrogen) atoms. The zero-order valence-electron chi connectivity index (χ0n) is 17.6. The number of carbonyl (C=O) groups excluding carboxylic acids is 2. The molecule has 0 aliphatic carbocycles. The molecule has 12 heteroatoms. The number of nitrogens with zero attached hydrogens (tertiary/aromatic N) is 4. The van der Waals surface area contributed by atoms with Crippen molar-refractivity contribution in [3.05, 3.63) is 65.1 Å². The summed E-state index contributed by atoms with van der Waals surface area (Å²) in [5.41, 5.74) is 3.00. The summed E-state index contributed by atoms with van der Waals surface area (Å²) in [6.45, 7) is -2.23. The molecule has 1 fully saturated rings. The fourth-order valence-electron chi connectivity index (χ4n) is 4.09. The minimum atomic E-state index is -3.13. The summed E-state index contributed by atoms with van der Waals surface area (Å²) in [6, 6.07) is 8.47.